The number of rotatable bonds is 63. The number of carbonyl (C=O) groups is 1. The maximum absolute atomic E-state index is 13.1. The highest BCUT2D eigenvalue weighted by Gasteiger charge is 2.28. The van der Waals surface area contributed by atoms with Gasteiger partial charge in [-0.25, -0.2) is 4.57 Å². The second-order valence-electron chi connectivity index (χ2n) is 24.5. The van der Waals surface area contributed by atoms with Gasteiger partial charge in [0.05, 0.1) is 39.9 Å². The molecule has 1 amide bonds. The van der Waals surface area contributed by atoms with Gasteiger partial charge in [0, 0.05) is 6.42 Å². The molecule has 0 aliphatic rings. The Hall–Kier alpha value is -3.10. The number of carbonyl (C=O) groups excluding carboxylic acids is 1. The summed E-state index contributed by atoms with van der Waals surface area (Å²) in [5, 5.41) is 14.0. The van der Waals surface area contributed by atoms with Crippen LogP contribution in [0.25, 0.3) is 0 Å². The number of hydrogen-bond donors (Lipinski definition) is 3. The van der Waals surface area contributed by atoms with E-state index in [-0.39, 0.29) is 19.1 Å². The third-order valence-electron chi connectivity index (χ3n) is 15.2. The summed E-state index contributed by atoms with van der Waals surface area (Å²) in [5.41, 5.74) is 0. The Morgan fingerprint density at radius 3 is 1.05 bits per heavy atom. The van der Waals surface area contributed by atoms with Crippen LogP contribution in [0, 0.1) is 0 Å². The van der Waals surface area contributed by atoms with Gasteiger partial charge in [0.25, 0.3) is 0 Å². The third-order valence-corrected chi connectivity index (χ3v) is 16.2. The van der Waals surface area contributed by atoms with E-state index >= 15 is 0 Å². The summed E-state index contributed by atoms with van der Waals surface area (Å²) in [7, 11) is 1.56. The number of quaternary nitrogens is 1. The van der Waals surface area contributed by atoms with Crippen LogP contribution in [-0.2, 0) is 18.4 Å². The van der Waals surface area contributed by atoms with E-state index in [0.717, 1.165) is 103 Å². The number of amides is 1. The summed E-state index contributed by atoms with van der Waals surface area (Å²) in [6.45, 7) is 4.72. The molecule has 0 spiro atoms. The highest BCUT2D eigenvalue weighted by Crippen LogP contribution is 2.43. The molecule has 0 aromatic rings. The number of hydrogen-bond acceptors (Lipinski definition) is 5. The molecule has 8 nitrogen and oxygen atoms in total. The molecule has 0 radical (unpaired) electrons. The maximum atomic E-state index is 13.1. The maximum Gasteiger partial charge on any atom is 0.472 e. The molecule has 0 bridgehead atoms. The first-order valence-electron chi connectivity index (χ1n) is 34.9. The quantitative estimate of drug-likeness (QED) is 0.0243. The minimum absolute atomic E-state index is 0.0553. The number of aliphatic hydroxyl groups is 1. The van der Waals surface area contributed by atoms with E-state index in [1.807, 2.05) is 27.2 Å². The molecule has 3 N–H and O–H groups in total. The number of phosphoric acid groups is 1. The van der Waals surface area contributed by atoms with E-state index < -0.39 is 20.0 Å². The van der Waals surface area contributed by atoms with Crippen LogP contribution in [0.15, 0.2) is 122 Å². The lowest BCUT2D eigenvalue weighted by Gasteiger charge is -2.25. The number of phosphoric ester groups is 1. The minimum Gasteiger partial charge on any atom is -0.387 e. The molecule has 3 unspecified atom stereocenters. The summed E-state index contributed by atoms with van der Waals surface area (Å²) >= 11 is 0. The first-order chi connectivity index (χ1) is 41.0. The minimum atomic E-state index is -4.36. The molecular formula is C75H134N2O6P+. The number of nitrogens with zero attached hydrogens (tertiary/aromatic N) is 1. The highest BCUT2D eigenvalue weighted by atomic mass is 31.2. The van der Waals surface area contributed by atoms with Crippen LogP contribution >= 0.6 is 7.82 Å². The Morgan fingerprint density at radius 1 is 0.417 bits per heavy atom. The lowest BCUT2D eigenvalue weighted by molar-refractivity contribution is -0.870. The largest absolute Gasteiger partial charge is 0.472 e. The van der Waals surface area contributed by atoms with Gasteiger partial charge >= 0.3 is 7.82 Å². The number of aliphatic hydroxyl groups excluding tert-OH is 1. The van der Waals surface area contributed by atoms with Crippen molar-refractivity contribution in [1.82, 2.24) is 5.32 Å². The van der Waals surface area contributed by atoms with Gasteiger partial charge < -0.3 is 19.8 Å². The number of unbranched alkanes of at least 4 members (excludes halogenated alkanes) is 32. The van der Waals surface area contributed by atoms with Gasteiger partial charge in [0.15, 0.2) is 0 Å². The molecule has 0 fully saturated rings. The molecule has 0 aromatic heterocycles. The topological polar surface area (TPSA) is 105 Å². The molecule has 0 aliphatic carbocycles. The Labute approximate surface area is 520 Å². The van der Waals surface area contributed by atoms with Crippen molar-refractivity contribution in [2.45, 2.75) is 309 Å². The fraction of sp³-hybridized carbons (Fsp3) is 0.720. The van der Waals surface area contributed by atoms with Crippen molar-refractivity contribution in [2.75, 3.05) is 40.9 Å². The average molecular weight is 1190 g/mol. The van der Waals surface area contributed by atoms with Crippen LogP contribution < -0.4 is 5.32 Å². The van der Waals surface area contributed by atoms with Crippen molar-refractivity contribution in [3.8, 4) is 0 Å². The van der Waals surface area contributed by atoms with Crippen LogP contribution in [0.2, 0.25) is 0 Å². The lowest BCUT2D eigenvalue weighted by atomic mass is 10.0. The lowest BCUT2D eigenvalue weighted by Crippen LogP contribution is -2.45. The van der Waals surface area contributed by atoms with Gasteiger partial charge in [-0.15, -0.1) is 0 Å². The summed E-state index contributed by atoms with van der Waals surface area (Å²) in [4.78, 5) is 23.4. The molecular weight excluding hydrogens is 1060 g/mol. The second-order valence-corrected chi connectivity index (χ2v) is 26.0. The molecule has 0 aromatic carbocycles. The summed E-state index contributed by atoms with van der Waals surface area (Å²) < 4.78 is 23.8. The normalized spacial score (nSPS) is 14.4. The van der Waals surface area contributed by atoms with Gasteiger partial charge in [-0.3, -0.25) is 13.8 Å². The fourth-order valence-corrected chi connectivity index (χ4v) is 10.5. The van der Waals surface area contributed by atoms with Crippen molar-refractivity contribution in [3.05, 3.63) is 122 Å². The zero-order chi connectivity index (χ0) is 61.2. The predicted molar refractivity (Wildman–Crippen MR) is 368 cm³/mol. The number of likely N-dealkylation sites (N-methyl/N-ethyl adjacent to an activating group) is 1. The van der Waals surface area contributed by atoms with E-state index in [2.05, 4.69) is 129 Å². The Morgan fingerprint density at radius 2 is 0.714 bits per heavy atom. The van der Waals surface area contributed by atoms with Crippen molar-refractivity contribution in [2.24, 2.45) is 0 Å². The van der Waals surface area contributed by atoms with E-state index in [1.165, 1.54) is 173 Å². The van der Waals surface area contributed by atoms with E-state index in [9.17, 15) is 19.4 Å². The summed E-state index contributed by atoms with van der Waals surface area (Å²) in [6, 6.07) is -0.860. The Kier molecular flexibility index (Phi) is 62.0. The molecule has 0 saturated carbocycles. The SMILES string of the molecule is CC/C=C\C/C=C\C/C=C\C/C=C\C/C=C\C/C=C\C/C=C\C/C=C\C/C=C\CCCCCCCCCCCC(=O)NC(COP(=O)(O)OCC[N+](C)(C)C)C(O)/C=C/CCCCCCCCCCCCCCCCCCCCCCCCC. The monoisotopic (exact) mass is 1190 g/mol. The van der Waals surface area contributed by atoms with E-state index in [4.69, 9.17) is 9.05 Å². The molecule has 484 valence electrons. The van der Waals surface area contributed by atoms with Crippen LogP contribution in [-0.4, -0.2) is 73.4 Å². The Bertz CT molecular complexity index is 1780. The second kappa shape index (κ2) is 64.4. The van der Waals surface area contributed by atoms with Gasteiger partial charge in [-0.2, -0.15) is 0 Å². The zero-order valence-electron chi connectivity index (χ0n) is 55.4. The first-order valence-corrected chi connectivity index (χ1v) is 36.4. The van der Waals surface area contributed by atoms with Crippen molar-refractivity contribution in [3.63, 3.8) is 0 Å². The Balaban J connectivity index is 4.14. The molecule has 0 rings (SSSR count). The summed E-state index contributed by atoms with van der Waals surface area (Å²) in [5.74, 6) is -0.185. The van der Waals surface area contributed by atoms with Crippen LogP contribution in [0.4, 0.5) is 0 Å². The average Bonchev–Trinajstić information content (AvgIpc) is 3.56. The van der Waals surface area contributed by atoms with Crippen molar-refractivity contribution in [1.29, 1.82) is 0 Å². The van der Waals surface area contributed by atoms with Gasteiger partial charge in [0.2, 0.25) is 5.91 Å². The molecule has 9 heteroatoms. The van der Waals surface area contributed by atoms with E-state index in [0.29, 0.717) is 17.4 Å². The van der Waals surface area contributed by atoms with Crippen LogP contribution in [0.1, 0.15) is 296 Å². The molecule has 3 atom stereocenters. The van der Waals surface area contributed by atoms with Gasteiger partial charge in [-0.1, -0.05) is 322 Å². The summed E-state index contributed by atoms with van der Waals surface area (Å²) in [6.07, 6.45) is 96.2. The smallest absolute Gasteiger partial charge is 0.387 e. The standard InChI is InChI=1S/C75H133N2O6P/c1-6-8-10-12-14-16-18-20-22-24-26-28-30-32-33-34-35-36-37-38-39-40-41-42-43-45-47-49-51-53-55-57-59-61-63-65-67-69-75(79)76-73(72-83-84(80,81)82-71-70-77(3,4)5)74(78)68-66-64-62-60-58-56-54-52-50-48-46-44-31-29-27-25-23-21-19-17-15-13-11-9-7-2/h8,10,14,16,20,22,26,28,32-33,35-36,38-39,41-42,45,47,66,68,73-74,78H,6-7,9,11-13,15,17-19,21,23-25,27,29-31,34,37,40,43-44,46,48-65,67,69-72H2,1-5H3,(H-,76,79,80,81)/p+1/b10-8-,16-14-,22-20-,28-26-,33-32-,36-35-,39-38-,42-41-,47-45-,68-66+. The molecule has 0 aliphatic heterocycles. The van der Waals surface area contributed by atoms with Crippen LogP contribution in [0.5, 0.6) is 0 Å². The van der Waals surface area contributed by atoms with E-state index in [1.54, 1.807) is 6.08 Å². The fourth-order valence-electron chi connectivity index (χ4n) is 9.80. The van der Waals surface area contributed by atoms with Crippen LogP contribution in [0.3, 0.4) is 0 Å². The number of nitrogens with one attached hydrogen (secondary N) is 1. The zero-order valence-corrected chi connectivity index (χ0v) is 56.3. The molecule has 0 heterocycles. The molecule has 84 heavy (non-hydrogen) atoms. The van der Waals surface area contributed by atoms with Crippen molar-refractivity contribution >= 4 is 13.7 Å². The third kappa shape index (κ3) is 66.4. The van der Waals surface area contributed by atoms with Gasteiger partial charge in [-0.05, 0) is 89.9 Å². The first kappa shape index (κ1) is 80.9. The molecule has 0 saturated heterocycles. The predicted octanol–water partition coefficient (Wildman–Crippen LogP) is 22.4. The van der Waals surface area contributed by atoms with Gasteiger partial charge in [0.1, 0.15) is 13.2 Å². The highest BCUT2D eigenvalue weighted by molar-refractivity contribution is 7.47. The number of allylic oxidation sites excluding steroid dienone is 19. The van der Waals surface area contributed by atoms with Crippen molar-refractivity contribution < 1.29 is 32.9 Å².